The van der Waals surface area contributed by atoms with Gasteiger partial charge >= 0.3 is 0 Å². The number of aliphatic hydroxyl groups is 1. The zero-order chi connectivity index (χ0) is 24.1. The van der Waals surface area contributed by atoms with Crippen molar-refractivity contribution < 1.29 is 14.6 Å². The fraction of sp³-hybridized carbons (Fsp3) is 0.261. The van der Waals surface area contributed by atoms with Crippen LogP contribution in [0.15, 0.2) is 55.1 Å². The Morgan fingerprint density at radius 3 is 2.62 bits per heavy atom. The van der Waals surface area contributed by atoms with E-state index in [-0.39, 0.29) is 24.5 Å². The number of anilines is 1. The minimum Gasteiger partial charge on any atom is -0.467 e. The maximum Gasteiger partial charge on any atom is 0.263 e. The van der Waals surface area contributed by atoms with Gasteiger partial charge in [0.15, 0.2) is 12.3 Å². The lowest BCUT2D eigenvalue weighted by atomic mass is 10.2. The predicted molar refractivity (Wildman–Crippen MR) is 128 cm³/mol. The quantitative estimate of drug-likeness (QED) is 0.446. The van der Waals surface area contributed by atoms with Crippen molar-refractivity contribution in [2.75, 3.05) is 32.1 Å². The number of amides is 1. The summed E-state index contributed by atoms with van der Waals surface area (Å²) >= 11 is 6.25. The number of carbonyl (C=O) groups is 1. The molecule has 0 radical (unpaired) electrons. The first-order valence-corrected chi connectivity index (χ1v) is 10.9. The molecule has 5 rings (SSSR count). The fourth-order valence-electron chi connectivity index (χ4n) is 3.26. The third kappa shape index (κ3) is 5.66. The Bertz CT molecular complexity index is 1270. The number of likely N-dealkylation sites (tertiary alicyclic amines) is 1. The van der Waals surface area contributed by atoms with Crippen LogP contribution >= 0.6 is 11.6 Å². The number of carbonyl (C=O) groups excluding carboxylic acids is 1. The van der Waals surface area contributed by atoms with E-state index in [0.29, 0.717) is 27.6 Å². The normalized spacial score (nSPS) is 13.6. The molecule has 176 valence electrons. The summed E-state index contributed by atoms with van der Waals surface area (Å²) in [4.78, 5) is 26.7. The molecule has 0 aliphatic carbocycles. The highest BCUT2D eigenvalue weighted by Gasteiger charge is 2.19. The van der Waals surface area contributed by atoms with E-state index in [4.69, 9.17) is 21.4 Å². The molecular formula is C23H24ClN7O3. The molecule has 3 aromatic heterocycles. The summed E-state index contributed by atoms with van der Waals surface area (Å²) in [7, 11) is 1.99. The van der Waals surface area contributed by atoms with Crippen LogP contribution in [0.1, 0.15) is 5.56 Å². The average Bonchev–Trinajstić information content (AvgIpc) is 3.24. The van der Waals surface area contributed by atoms with Gasteiger partial charge in [-0.15, -0.1) is 0 Å². The van der Waals surface area contributed by atoms with Gasteiger partial charge in [0.25, 0.3) is 5.91 Å². The van der Waals surface area contributed by atoms with Gasteiger partial charge in [0.2, 0.25) is 5.88 Å². The number of β-amino-alcohol motifs (C(OH)–C–C–N with tert-alkyl or cyclic N) is 1. The number of rotatable bonds is 5. The molecule has 0 atom stereocenters. The second-order valence-corrected chi connectivity index (χ2v) is 8.26. The van der Waals surface area contributed by atoms with Crippen molar-refractivity contribution >= 4 is 34.4 Å². The number of benzene rings is 1. The smallest absolute Gasteiger partial charge is 0.263 e. The van der Waals surface area contributed by atoms with Crippen molar-refractivity contribution in [2.45, 2.75) is 13.0 Å². The van der Waals surface area contributed by atoms with Gasteiger partial charge in [0.1, 0.15) is 17.5 Å². The number of nitrogens with one attached hydrogen (secondary N) is 1. The molecule has 4 aromatic rings. The summed E-state index contributed by atoms with van der Waals surface area (Å²) in [5, 5.41) is 16.7. The van der Waals surface area contributed by atoms with Crippen LogP contribution in [0.5, 0.6) is 5.88 Å². The van der Waals surface area contributed by atoms with E-state index in [0.717, 1.165) is 18.7 Å². The standard InChI is InChI=1S/C19H15ClN6O2.C4H9NO/c1-12-6-7-16(21-8-12)25-17(27)10-28-19-13-9-24-26(18(13)22-11-23-19)15-5-3-2-4-14(15)20;1-5-2-4(6)3-5/h2-9,11H,10H2,1H3,(H,21,25,27);4,6H,2-3H2,1H3. The Labute approximate surface area is 201 Å². The van der Waals surface area contributed by atoms with Gasteiger partial charge in [-0.3, -0.25) is 4.79 Å². The van der Waals surface area contributed by atoms with E-state index in [1.807, 2.05) is 38.2 Å². The topological polar surface area (TPSA) is 118 Å². The van der Waals surface area contributed by atoms with Gasteiger partial charge < -0.3 is 20.1 Å². The first kappa shape index (κ1) is 23.6. The Morgan fingerprint density at radius 2 is 1.97 bits per heavy atom. The second kappa shape index (κ2) is 10.6. The van der Waals surface area contributed by atoms with Crippen LogP contribution in [0.3, 0.4) is 0 Å². The predicted octanol–water partition coefficient (Wildman–Crippen LogP) is 2.48. The van der Waals surface area contributed by atoms with Gasteiger partial charge in [-0.25, -0.2) is 19.6 Å². The van der Waals surface area contributed by atoms with E-state index in [1.165, 1.54) is 6.33 Å². The van der Waals surface area contributed by atoms with Gasteiger partial charge in [-0.1, -0.05) is 29.8 Å². The van der Waals surface area contributed by atoms with E-state index in [2.05, 4.69) is 30.3 Å². The maximum absolute atomic E-state index is 12.1. The molecule has 0 unspecified atom stereocenters. The van der Waals surface area contributed by atoms with Crippen LogP contribution in [-0.4, -0.2) is 73.5 Å². The van der Waals surface area contributed by atoms with Gasteiger partial charge in [0, 0.05) is 19.3 Å². The number of hydrogen-bond donors (Lipinski definition) is 2. The number of aromatic nitrogens is 5. The van der Waals surface area contributed by atoms with Crippen molar-refractivity contribution in [3.05, 3.63) is 65.7 Å². The lowest BCUT2D eigenvalue weighted by Crippen LogP contribution is -2.47. The minimum atomic E-state index is -0.346. The molecule has 0 spiro atoms. The summed E-state index contributed by atoms with van der Waals surface area (Å²) < 4.78 is 7.18. The van der Waals surface area contributed by atoms with Crippen molar-refractivity contribution in [2.24, 2.45) is 0 Å². The number of pyridine rings is 1. The molecule has 0 bridgehead atoms. The molecule has 34 heavy (non-hydrogen) atoms. The van der Waals surface area contributed by atoms with Crippen molar-refractivity contribution in [1.82, 2.24) is 29.6 Å². The summed E-state index contributed by atoms with van der Waals surface area (Å²) in [5.41, 5.74) is 2.22. The third-order valence-electron chi connectivity index (χ3n) is 4.97. The maximum atomic E-state index is 12.1. The summed E-state index contributed by atoms with van der Waals surface area (Å²) in [6, 6.07) is 10.9. The minimum absolute atomic E-state index is 0.0324. The van der Waals surface area contributed by atoms with Crippen LogP contribution in [-0.2, 0) is 4.79 Å². The van der Waals surface area contributed by atoms with Crippen LogP contribution in [0.2, 0.25) is 5.02 Å². The number of ether oxygens (including phenoxy) is 1. The van der Waals surface area contributed by atoms with Gasteiger partial charge in [-0.05, 0) is 37.7 Å². The molecule has 1 aliphatic rings. The molecule has 10 nitrogen and oxygen atoms in total. The second-order valence-electron chi connectivity index (χ2n) is 7.86. The van der Waals surface area contributed by atoms with E-state index >= 15 is 0 Å². The Balaban J connectivity index is 0.000000398. The van der Waals surface area contributed by atoms with Gasteiger partial charge in [0.05, 0.1) is 23.0 Å². The Kier molecular flexibility index (Phi) is 7.31. The zero-order valence-electron chi connectivity index (χ0n) is 18.7. The molecule has 0 saturated carbocycles. The molecule has 4 heterocycles. The number of halogens is 1. The SMILES string of the molecule is CN1CC(O)C1.Cc1ccc(NC(=O)COc2ncnc3c2cnn3-c2ccccc2Cl)nc1. The number of nitrogens with zero attached hydrogens (tertiary/aromatic N) is 6. The molecule has 1 fully saturated rings. The summed E-state index contributed by atoms with van der Waals surface area (Å²) in [6.07, 6.45) is 4.57. The molecule has 2 N–H and O–H groups in total. The van der Waals surface area contributed by atoms with Gasteiger partial charge in [-0.2, -0.15) is 5.10 Å². The number of likely N-dealkylation sites (N-methyl/N-ethyl adjacent to an activating group) is 1. The first-order valence-electron chi connectivity index (χ1n) is 10.6. The monoisotopic (exact) mass is 481 g/mol. The average molecular weight is 482 g/mol. The fourth-order valence-corrected chi connectivity index (χ4v) is 3.47. The lowest BCUT2D eigenvalue weighted by Gasteiger charge is -2.31. The largest absolute Gasteiger partial charge is 0.467 e. The third-order valence-corrected chi connectivity index (χ3v) is 5.29. The van der Waals surface area contributed by atoms with Crippen molar-refractivity contribution in [3.8, 4) is 11.6 Å². The van der Waals surface area contributed by atoms with Crippen molar-refractivity contribution in [3.63, 3.8) is 0 Å². The summed E-state index contributed by atoms with van der Waals surface area (Å²) in [5.74, 6) is 0.371. The van der Waals surface area contributed by atoms with E-state index in [9.17, 15) is 4.79 Å². The number of aryl methyl sites for hydroxylation is 1. The lowest BCUT2D eigenvalue weighted by molar-refractivity contribution is -0.118. The molecule has 1 aromatic carbocycles. The number of aliphatic hydroxyl groups excluding tert-OH is 1. The molecule has 1 aliphatic heterocycles. The van der Waals surface area contributed by atoms with Crippen LogP contribution < -0.4 is 10.1 Å². The highest BCUT2D eigenvalue weighted by molar-refractivity contribution is 6.32. The summed E-state index contributed by atoms with van der Waals surface area (Å²) in [6.45, 7) is 3.42. The van der Waals surface area contributed by atoms with Crippen LogP contribution in [0.25, 0.3) is 16.7 Å². The molecule has 1 saturated heterocycles. The Morgan fingerprint density at radius 1 is 1.18 bits per heavy atom. The molecule has 11 heteroatoms. The first-order chi connectivity index (χ1) is 16.4. The number of para-hydroxylation sites is 1. The molecular weight excluding hydrogens is 458 g/mol. The molecule has 1 amide bonds. The highest BCUT2D eigenvalue weighted by atomic mass is 35.5. The van der Waals surface area contributed by atoms with Crippen LogP contribution in [0, 0.1) is 6.92 Å². The highest BCUT2D eigenvalue weighted by Crippen LogP contribution is 2.26. The van der Waals surface area contributed by atoms with Crippen molar-refractivity contribution in [1.29, 1.82) is 0 Å². The van der Waals surface area contributed by atoms with Crippen LogP contribution in [0.4, 0.5) is 5.82 Å². The Hall–Kier alpha value is -3.60. The number of fused-ring (bicyclic) bond motifs is 1. The van der Waals surface area contributed by atoms with E-state index in [1.54, 1.807) is 29.2 Å². The zero-order valence-corrected chi connectivity index (χ0v) is 19.5. The number of hydrogen-bond acceptors (Lipinski definition) is 8. The van der Waals surface area contributed by atoms with E-state index < -0.39 is 0 Å².